The van der Waals surface area contributed by atoms with Crippen LogP contribution >= 0.6 is 0 Å². The van der Waals surface area contributed by atoms with Gasteiger partial charge in [-0.25, -0.2) is 9.59 Å². The molecule has 1 rings (SSSR count). The van der Waals surface area contributed by atoms with Crippen molar-refractivity contribution in [2.75, 3.05) is 26.3 Å². The van der Waals surface area contributed by atoms with E-state index in [0.717, 1.165) is 0 Å². The predicted molar refractivity (Wildman–Crippen MR) is 173 cm³/mol. The number of ketones is 2. The van der Waals surface area contributed by atoms with E-state index < -0.39 is 22.8 Å². The number of hydrogen-bond donors (Lipinski definition) is 2. The van der Waals surface area contributed by atoms with Crippen LogP contribution in [0.3, 0.4) is 0 Å². The van der Waals surface area contributed by atoms with Gasteiger partial charge in [0, 0.05) is 46.2 Å². The van der Waals surface area contributed by atoms with Gasteiger partial charge in [-0.05, 0) is 51.7 Å². The van der Waals surface area contributed by atoms with Crippen LogP contribution in [0.1, 0.15) is 129 Å². The Kier molecular flexibility index (Phi) is 15.1. The van der Waals surface area contributed by atoms with Crippen LogP contribution in [0, 0.1) is 10.8 Å². The zero-order valence-electron chi connectivity index (χ0n) is 28.2. The summed E-state index contributed by atoms with van der Waals surface area (Å²) in [6.45, 7) is 21.4. The Balaban J connectivity index is 3.53. The summed E-state index contributed by atoms with van der Waals surface area (Å²) < 4.78 is 10.9. The molecule has 0 aromatic heterocycles. The van der Waals surface area contributed by atoms with E-state index in [1.54, 1.807) is 41.5 Å². The van der Waals surface area contributed by atoms with Crippen molar-refractivity contribution in [3.05, 3.63) is 58.7 Å². The third-order valence-electron chi connectivity index (χ3n) is 7.53. The molecular formula is C35H50N2O8. The molecule has 2 N–H and O–H groups in total. The first kappa shape index (κ1) is 38.9. The molecule has 0 heterocycles. The Hall–Kier alpha value is -4.08. The minimum absolute atomic E-state index is 0.0108. The Morgan fingerprint density at radius 3 is 1.40 bits per heavy atom. The van der Waals surface area contributed by atoms with Crippen LogP contribution < -0.4 is 10.6 Å². The van der Waals surface area contributed by atoms with Crippen molar-refractivity contribution in [1.29, 1.82) is 0 Å². The van der Waals surface area contributed by atoms with Crippen LogP contribution in [0.15, 0.2) is 36.4 Å². The summed E-state index contributed by atoms with van der Waals surface area (Å²) in [6.07, 6.45) is 2.29. The van der Waals surface area contributed by atoms with Gasteiger partial charge in [-0.3, -0.25) is 19.2 Å². The van der Waals surface area contributed by atoms with E-state index in [-0.39, 0.29) is 71.9 Å². The molecular weight excluding hydrogens is 576 g/mol. The maximum Gasteiger partial charge on any atom is 0.338 e. The number of hydrogen-bond acceptors (Lipinski definition) is 8. The number of ether oxygens (including phenoxy) is 2. The normalized spacial score (nSPS) is 11.3. The summed E-state index contributed by atoms with van der Waals surface area (Å²) in [6, 6.07) is 2.54. The lowest BCUT2D eigenvalue weighted by molar-refractivity contribution is -0.118. The molecule has 2 amide bonds. The molecule has 0 unspecified atom stereocenters. The van der Waals surface area contributed by atoms with E-state index in [1.165, 1.54) is 12.1 Å². The van der Waals surface area contributed by atoms with Crippen LogP contribution in [-0.4, -0.2) is 61.6 Å². The van der Waals surface area contributed by atoms with Crippen molar-refractivity contribution in [2.45, 2.75) is 87.5 Å². The summed E-state index contributed by atoms with van der Waals surface area (Å²) in [5, 5.41) is 5.30. The van der Waals surface area contributed by atoms with Gasteiger partial charge < -0.3 is 20.1 Å². The average Bonchev–Trinajstić information content (AvgIpc) is 2.98. The van der Waals surface area contributed by atoms with E-state index in [4.69, 9.17) is 9.47 Å². The maximum atomic E-state index is 13.9. The third kappa shape index (κ3) is 11.4. The van der Waals surface area contributed by atoms with Gasteiger partial charge >= 0.3 is 11.9 Å². The van der Waals surface area contributed by atoms with Gasteiger partial charge in [0.2, 0.25) is 11.8 Å². The Morgan fingerprint density at radius 1 is 0.667 bits per heavy atom. The summed E-state index contributed by atoms with van der Waals surface area (Å²) in [4.78, 5) is 78.0. The van der Waals surface area contributed by atoms with Crippen LogP contribution in [0.4, 0.5) is 0 Å². The third-order valence-corrected chi connectivity index (χ3v) is 7.53. The molecule has 1 aromatic rings. The summed E-state index contributed by atoms with van der Waals surface area (Å²) in [7, 11) is 0. The molecule has 0 fully saturated rings. The van der Waals surface area contributed by atoms with Crippen LogP contribution in [-0.2, 0) is 19.1 Å². The van der Waals surface area contributed by atoms with Crippen LogP contribution in [0.2, 0.25) is 0 Å². The molecule has 0 aliphatic heterocycles. The molecule has 0 bridgehead atoms. The zero-order chi connectivity index (χ0) is 34.5. The minimum Gasteiger partial charge on any atom is -0.462 e. The van der Waals surface area contributed by atoms with Crippen LogP contribution in [0.25, 0.3) is 0 Å². The second-order valence-corrected chi connectivity index (χ2v) is 12.5. The molecule has 0 aliphatic rings. The molecule has 10 heteroatoms. The van der Waals surface area contributed by atoms with Crippen molar-refractivity contribution in [2.24, 2.45) is 10.8 Å². The Morgan fingerprint density at radius 2 is 1.04 bits per heavy atom. The van der Waals surface area contributed by atoms with Gasteiger partial charge in [0.15, 0.2) is 11.6 Å². The van der Waals surface area contributed by atoms with Crippen molar-refractivity contribution in [1.82, 2.24) is 10.6 Å². The summed E-state index contributed by atoms with van der Waals surface area (Å²) in [5.74, 6) is -3.06. The number of nitrogens with one attached hydrogen (secondary N) is 2. The number of benzene rings is 1. The molecule has 45 heavy (non-hydrogen) atoms. The van der Waals surface area contributed by atoms with Crippen molar-refractivity contribution < 1.29 is 38.2 Å². The lowest BCUT2D eigenvalue weighted by Crippen LogP contribution is -2.30. The second kappa shape index (κ2) is 17.4. The highest BCUT2D eigenvalue weighted by atomic mass is 16.5. The number of rotatable bonds is 19. The average molecular weight is 627 g/mol. The number of Topliss-reactive ketones (excluding diaryl/α,β-unsaturated/α-hetero) is 2. The maximum absolute atomic E-state index is 13.9. The van der Waals surface area contributed by atoms with Gasteiger partial charge in [-0.1, -0.05) is 61.1 Å². The van der Waals surface area contributed by atoms with Gasteiger partial charge in [0.25, 0.3) is 0 Å². The van der Waals surface area contributed by atoms with E-state index >= 15 is 0 Å². The smallest absolute Gasteiger partial charge is 0.338 e. The Labute approximate surface area is 267 Å². The van der Waals surface area contributed by atoms with E-state index in [1.807, 2.05) is 13.8 Å². The molecule has 0 spiro atoms. The molecule has 0 aliphatic carbocycles. The van der Waals surface area contributed by atoms with Gasteiger partial charge in [0.05, 0.1) is 24.3 Å². The molecule has 0 saturated carbocycles. The first-order chi connectivity index (χ1) is 20.9. The monoisotopic (exact) mass is 626 g/mol. The number of carbonyl (C=O) groups is 6. The predicted octanol–water partition coefficient (Wildman–Crippen LogP) is 5.79. The van der Waals surface area contributed by atoms with Gasteiger partial charge in [-0.15, -0.1) is 0 Å². The molecule has 0 radical (unpaired) electrons. The number of carbonyl (C=O) groups excluding carboxylic acids is 6. The fourth-order valence-electron chi connectivity index (χ4n) is 4.28. The number of amides is 2. The highest BCUT2D eigenvalue weighted by molar-refractivity contribution is 6.15. The first-order valence-electron chi connectivity index (χ1n) is 15.4. The lowest BCUT2D eigenvalue weighted by atomic mass is 9.76. The van der Waals surface area contributed by atoms with E-state index in [2.05, 4.69) is 23.8 Å². The van der Waals surface area contributed by atoms with Gasteiger partial charge in [0.1, 0.15) is 0 Å². The van der Waals surface area contributed by atoms with Crippen molar-refractivity contribution >= 4 is 35.3 Å². The molecule has 10 nitrogen and oxygen atoms in total. The fourth-order valence-corrected chi connectivity index (χ4v) is 4.28. The highest BCUT2D eigenvalue weighted by Gasteiger charge is 2.36. The number of esters is 2. The van der Waals surface area contributed by atoms with Crippen molar-refractivity contribution in [3.63, 3.8) is 0 Å². The molecule has 1 aromatic carbocycles. The summed E-state index contributed by atoms with van der Waals surface area (Å²) in [5.41, 5.74) is -1.38. The molecule has 248 valence electrons. The topological polar surface area (TPSA) is 145 Å². The fraction of sp³-hybridized carbons (Fsp3) is 0.543. The first-order valence-corrected chi connectivity index (χ1v) is 15.4. The molecule has 0 saturated heterocycles. The lowest BCUT2D eigenvalue weighted by Gasteiger charge is -2.26. The minimum atomic E-state index is -0.878. The SMILES string of the molecule is C=C(C)C(=O)NCCCOC(=O)c1cc(C(=O)OCCCNC(=O)C(=C)C)c(C(=O)C(C)(C)CCC)cc1C(=O)C(C)(C)CC. The largest absolute Gasteiger partial charge is 0.462 e. The summed E-state index contributed by atoms with van der Waals surface area (Å²) >= 11 is 0. The second-order valence-electron chi connectivity index (χ2n) is 12.5. The molecule has 0 atom stereocenters. The van der Waals surface area contributed by atoms with E-state index in [9.17, 15) is 28.8 Å². The Bertz CT molecular complexity index is 1320. The van der Waals surface area contributed by atoms with Crippen LogP contribution in [0.5, 0.6) is 0 Å². The van der Waals surface area contributed by atoms with Gasteiger partial charge in [-0.2, -0.15) is 0 Å². The van der Waals surface area contributed by atoms with E-state index in [0.29, 0.717) is 43.3 Å². The van der Waals surface area contributed by atoms with Crippen molar-refractivity contribution in [3.8, 4) is 0 Å². The zero-order valence-corrected chi connectivity index (χ0v) is 28.2. The highest BCUT2D eigenvalue weighted by Crippen LogP contribution is 2.34. The quantitative estimate of drug-likeness (QED) is 0.0849. The standard InChI is InChI=1S/C35H50N2O8/c1-11-15-35(9,10)29(39)25-20-24(28(38)34(7,8)12-2)26(32(42)44-18-13-16-36-30(40)22(3)4)21-27(25)33(43)45-19-14-17-37-31(41)23(5)6/h20-21H,3,5,11-19H2,1-2,4,6-10H3,(H,36,40)(H,37,41).